The molecule has 0 aliphatic rings. The van der Waals surface area contributed by atoms with Crippen molar-refractivity contribution in [2.75, 3.05) is 6.54 Å². The van der Waals surface area contributed by atoms with Crippen molar-refractivity contribution < 1.29 is 8.81 Å². The second-order valence-corrected chi connectivity index (χ2v) is 4.81. The number of rotatable bonds is 6. The Morgan fingerprint density at radius 2 is 2.00 bits per heavy atom. The molecule has 1 N–H and O–H groups in total. The number of furan rings is 1. The van der Waals surface area contributed by atoms with Gasteiger partial charge in [0.1, 0.15) is 17.3 Å². The molecule has 0 radical (unpaired) electrons. The van der Waals surface area contributed by atoms with E-state index in [1.54, 1.807) is 12.1 Å². The van der Waals surface area contributed by atoms with Crippen LogP contribution in [-0.2, 0) is 6.42 Å². The second kappa shape index (κ2) is 6.53. The molecule has 2 rings (SSSR count). The lowest BCUT2D eigenvalue weighted by Crippen LogP contribution is -2.28. The van der Waals surface area contributed by atoms with Crippen LogP contribution in [0.4, 0.5) is 4.39 Å². The Labute approximate surface area is 113 Å². The molecule has 0 bridgehead atoms. The molecule has 1 heterocycles. The molecule has 0 aliphatic carbocycles. The number of halogens is 1. The summed E-state index contributed by atoms with van der Waals surface area (Å²) in [6.07, 6.45) is 1.93. The van der Waals surface area contributed by atoms with Crippen molar-refractivity contribution in [3.05, 3.63) is 48.0 Å². The van der Waals surface area contributed by atoms with E-state index in [0.29, 0.717) is 17.4 Å². The molecule has 2 nitrogen and oxygen atoms in total. The van der Waals surface area contributed by atoms with Crippen LogP contribution in [0, 0.1) is 5.82 Å². The molecule has 0 fully saturated rings. The van der Waals surface area contributed by atoms with Gasteiger partial charge in [0.05, 0.1) is 5.56 Å². The lowest BCUT2D eigenvalue weighted by molar-refractivity contribution is 0.462. The van der Waals surface area contributed by atoms with Gasteiger partial charge in [-0.15, -0.1) is 0 Å². The Hall–Kier alpha value is -1.61. The van der Waals surface area contributed by atoms with Gasteiger partial charge in [-0.3, -0.25) is 0 Å². The van der Waals surface area contributed by atoms with E-state index in [1.165, 1.54) is 6.07 Å². The summed E-state index contributed by atoms with van der Waals surface area (Å²) < 4.78 is 19.4. The van der Waals surface area contributed by atoms with Crippen molar-refractivity contribution in [1.82, 2.24) is 5.32 Å². The molecule has 1 atom stereocenters. The van der Waals surface area contributed by atoms with E-state index in [9.17, 15) is 4.39 Å². The van der Waals surface area contributed by atoms with Crippen molar-refractivity contribution in [3.63, 3.8) is 0 Å². The Morgan fingerprint density at radius 3 is 2.74 bits per heavy atom. The Bertz CT molecular complexity index is 521. The maximum atomic E-state index is 13.6. The molecular weight excluding hydrogens is 241 g/mol. The molecule has 1 aromatic carbocycles. The molecule has 0 aliphatic heterocycles. The first-order chi connectivity index (χ1) is 9.20. The van der Waals surface area contributed by atoms with Crippen LogP contribution in [-0.4, -0.2) is 12.6 Å². The van der Waals surface area contributed by atoms with Crippen LogP contribution in [0.5, 0.6) is 0 Å². The van der Waals surface area contributed by atoms with Crippen LogP contribution in [0.3, 0.4) is 0 Å². The first-order valence-corrected chi connectivity index (χ1v) is 6.77. The highest BCUT2D eigenvalue weighted by Crippen LogP contribution is 2.25. The summed E-state index contributed by atoms with van der Waals surface area (Å²) in [5.41, 5.74) is 0.517. The molecule has 0 spiro atoms. The van der Waals surface area contributed by atoms with Gasteiger partial charge in [-0.2, -0.15) is 0 Å². The third-order valence-corrected chi connectivity index (χ3v) is 3.05. The van der Waals surface area contributed by atoms with Gasteiger partial charge < -0.3 is 9.73 Å². The molecule has 3 heteroatoms. The zero-order valence-electron chi connectivity index (χ0n) is 11.4. The summed E-state index contributed by atoms with van der Waals surface area (Å²) in [5.74, 6) is 1.23. The van der Waals surface area contributed by atoms with Gasteiger partial charge >= 0.3 is 0 Å². The van der Waals surface area contributed by atoms with E-state index in [-0.39, 0.29) is 5.82 Å². The molecule has 0 saturated carbocycles. The lowest BCUT2D eigenvalue weighted by Gasteiger charge is -2.10. The van der Waals surface area contributed by atoms with Crippen LogP contribution in [0.1, 0.15) is 26.0 Å². The minimum atomic E-state index is -0.249. The second-order valence-electron chi connectivity index (χ2n) is 4.81. The van der Waals surface area contributed by atoms with Crippen LogP contribution in [0.2, 0.25) is 0 Å². The molecule has 1 unspecified atom stereocenters. The quantitative estimate of drug-likeness (QED) is 0.849. The zero-order chi connectivity index (χ0) is 13.7. The van der Waals surface area contributed by atoms with E-state index in [1.807, 2.05) is 18.2 Å². The topological polar surface area (TPSA) is 25.2 Å². The summed E-state index contributed by atoms with van der Waals surface area (Å²) in [6, 6.07) is 10.8. The molecule has 0 saturated heterocycles. The van der Waals surface area contributed by atoms with E-state index in [2.05, 4.69) is 19.2 Å². The molecule has 1 aromatic heterocycles. The molecule has 2 aromatic rings. The fourth-order valence-electron chi connectivity index (χ4n) is 2.06. The predicted molar refractivity (Wildman–Crippen MR) is 75.6 cm³/mol. The Morgan fingerprint density at radius 1 is 1.21 bits per heavy atom. The monoisotopic (exact) mass is 261 g/mol. The van der Waals surface area contributed by atoms with Gasteiger partial charge in [-0.25, -0.2) is 4.39 Å². The first-order valence-electron chi connectivity index (χ1n) is 6.77. The molecular formula is C16H20FNO. The standard InChI is InChI=1S/C16H20FNO/c1-3-10-18-12(2)11-13-8-9-16(19-13)14-6-4-5-7-15(14)17/h4-9,12,18H,3,10-11H2,1-2H3. The number of hydrogen-bond acceptors (Lipinski definition) is 2. The highest BCUT2D eigenvalue weighted by molar-refractivity contribution is 5.58. The minimum absolute atomic E-state index is 0.249. The highest BCUT2D eigenvalue weighted by Gasteiger charge is 2.10. The largest absolute Gasteiger partial charge is 0.461 e. The average Bonchev–Trinajstić information content (AvgIpc) is 2.85. The zero-order valence-corrected chi connectivity index (χ0v) is 11.4. The molecule has 19 heavy (non-hydrogen) atoms. The summed E-state index contributed by atoms with van der Waals surface area (Å²) in [7, 11) is 0. The fourth-order valence-corrected chi connectivity index (χ4v) is 2.06. The number of nitrogens with one attached hydrogen (secondary N) is 1. The van der Waals surface area contributed by atoms with Crippen molar-refractivity contribution in [2.24, 2.45) is 0 Å². The Balaban J connectivity index is 2.05. The third-order valence-electron chi connectivity index (χ3n) is 3.05. The van der Waals surface area contributed by atoms with Crippen LogP contribution < -0.4 is 5.32 Å². The summed E-state index contributed by atoms with van der Waals surface area (Å²) in [6.45, 7) is 5.27. The van der Waals surface area contributed by atoms with Gasteiger partial charge in [0.2, 0.25) is 0 Å². The normalized spacial score (nSPS) is 12.6. The van der Waals surface area contributed by atoms with Crippen molar-refractivity contribution in [3.8, 4) is 11.3 Å². The maximum Gasteiger partial charge on any atom is 0.137 e. The van der Waals surface area contributed by atoms with E-state index in [0.717, 1.165) is 25.1 Å². The summed E-state index contributed by atoms with van der Waals surface area (Å²) in [5, 5.41) is 3.41. The van der Waals surface area contributed by atoms with Crippen LogP contribution in [0.25, 0.3) is 11.3 Å². The van der Waals surface area contributed by atoms with Crippen molar-refractivity contribution in [2.45, 2.75) is 32.7 Å². The van der Waals surface area contributed by atoms with Gasteiger partial charge in [0, 0.05) is 12.5 Å². The lowest BCUT2D eigenvalue weighted by atomic mass is 10.1. The predicted octanol–water partition coefficient (Wildman–Crippen LogP) is 4.02. The van der Waals surface area contributed by atoms with Crippen molar-refractivity contribution in [1.29, 1.82) is 0 Å². The third kappa shape index (κ3) is 3.67. The van der Waals surface area contributed by atoms with Crippen LogP contribution >= 0.6 is 0 Å². The van der Waals surface area contributed by atoms with E-state index < -0.39 is 0 Å². The van der Waals surface area contributed by atoms with Gasteiger partial charge in [0.25, 0.3) is 0 Å². The number of hydrogen-bond donors (Lipinski definition) is 1. The van der Waals surface area contributed by atoms with E-state index in [4.69, 9.17) is 4.42 Å². The SMILES string of the molecule is CCCNC(C)Cc1ccc(-c2ccccc2F)o1. The highest BCUT2D eigenvalue weighted by atomic mass is 19.1. The summed E-state index contributed by atoms with van der Waals surface area (Å²) >= 11 is 0. The van der Waals surface area contributed by atoms with Gasteiger partial charge in [-0.1, -0.05) is 19.1 Å². The van der Waals surface area contributed by atoms with Gasteiger partial charge in [-0.05, 0) is 44.2 Å². The van der Waals surface area contributed by atoms with Crippen molar-refractivity contribution >= 4 is 0 Å². The smallest absolute Gasteiger partial charge is 0.137 e. The molecule has 0 amide bonds. The average molecular weight is 261 g/mol. The van der Waals surface area contributed by atoms with Crippen LogP contribution in [0.15, 0.2) is 40.8 Å². The Kier molecular flexibility index (Phi) is 4.74. The molecule has 102 valence electrons. The summed E-state index contributed by atoms with van der Waals surface area (Å²) in [4.78, 5) is 0. The van der Waals surface area contributed by atoms with E-state index >= 15 is 0 Å². The fraction of sp³-hybridized carbons (Fsp3) is 0.375. The minimum Gasteiger partial charge on any atom is -0.461 e. The van der Waals surface area contributed by atoms with Gasteiger partial charge in [0.15, 0.2) is 0 Å². The number of benzene rings is 1. The first kappa shape index (κ1) is 13.8. The maximum absolute atomic E-state index is 13.6.